The minimum atomic E-state index is -1.16. The predicted molar refractivity (Wildman–Crippen MR) is 38.3 cm³/mol. The van der Waals surface area contributed by atoms with Crippen LogP contribution in [-0.2, 0) is 4.79 Å². The van der Waals surface area contributed by atoms with E-state index < -0.39 is 6.17 Å². The van der Waals surface area contributed by atoms with Crippen molar-refractivity contribution in [1.82, 2.24) is 0 Å². The molecule has 0 aliphatic carbocycles. The number of carbonyl (C=O) groups excluding carboxylic acids is 1. The second-order valence-electron chi connectivity index (χ2n) is 1.42. The fraction of sp³-hybridized carbons (Fsp3) is 0.833. The first-order valence-corrected chi connectivity index (χ1v) is 4.10. The van der Waals surface area contributed by atoms with E-state index in [9.17, 15) is 9.18 Å². The SMILES string of the molecule is CC.O=C1SCCC1F. The van der Waals surface area contributed by atoms with Crippen molar-refractivity contribution in [2.24, 2.45) is 0 Å². The monoisotopic (exact) mass is 150 g/mol. The van der Waals surface area contributed by atoms with E-state index in [-0.39, 0.29) is 5.12 Å². The van der Waals surface area contributed by atoms with Crippen LogP contribution in [0.4, 0.5) is 4.39 Å². The van der Waals surface area contributed by atoms with Gasteiger partial charge in [0.15, 0.2) is 6.17 Å². The standard InChI is InChI=1S/C4H5FOS.C2H6/c5-3-1-2-7-4(3)6;1-2/h3H,1-2H2;1-2H3. The van der Waals surface area contributed by atoms with Crippen molar-refractivity contribution in [2.75, 3.05) is 5.75 Å². The van der Waals surface area contributed by atoms with Gasteiger partial charge < -0.3 is 0 Å². The molecule has 3 heteroatoms. The zero-order valence-electron chi connectivity index (χ0n) is 5.69. The van der Waals surface area contributed by atoms with Crippen LogP contribution >= 0.6 is 11.8 Å². The number of carbonyl (C=O) groups is 1. The molecule has 1 rings (SSSR count). The van der Waals surface area contributed by atoms with Gasteiger partial charge in [0, 0.05) is 5.75 Å². The van der Waals surface area contributed by atoms with Gasteiger partial charge in [0.25, 0.3) is 0 Å². The van der Waals surface area contributed by atoms with Crippen molar-refractivity contribution in [3.63, 3.8) is 0 Å². The molecule has 0 saturated carbocycles. The highest BCUT2D eigenvalue weighted by atomic mass is 32.2. The summed E-state index contributed by atoms with van der Waals surface area (Å²) in [6.07, 6.45) is -0.742. The van der Waals surface area contributed by atoms with Crippen molar-refractivity contribution in [2.45, 2.75) is 26.4 Å². The van der Waals surface area contributed by atoms with Crippen molar-refractivity contribution in [3.05, 3.63) is 0 Å². The van der Waals surface area contributed by atoms with Crippen LogP contribution in [0, 0.1) is 0 Å². The van der Waals surface area contributed by atoms with E-state index in [0.717, 1.165) is 11.8 Å². The first-order valence-electron chi connectivity index (χ1n) is 3.11. The molecular weight excluding hydrogens is 139 g/mol. The molecule has 54 valence electrons. The Kier molecular flexibility index (Phi) is 4.77. The molecule has 0 amide bonds. The summed E-state index contributed by atoms with van der Waals surface area (Å²) < 4.78 is 11.9. The second-order valence-corrected chi connectivity index (χ2v) is 2.52. The fourth-order valence-electron chi connectivity index (χ4n) is 0.471. The summed E-state index contributed by atoms with van der Waals surface area (Å²) in [6, 6.07) is 0. The van der Waals surface area contributed by atoms with Gasteiger partial charge in [-0.25, -0.2) is 4.39 Å². The molecule has 0 bridgehead atoms. The largest absolute Gasteiger partial charge is 0.284 e. The Balaban J connectivity index is 0.000000291. The Morgan fingerprint density at radius 2 is 2.22 bits per heavy atom. The summed E-state index contributed by atoms with van der Waals surface area (Å²) >= 11 is 1.09. The van der Waals surface area contributed by atoms with Gasteiger partial charge in [0.05, 0.1) is 0 Å². The van der Waals surface area contributed by atoms with Gasteiger partial charge in [-0.15, -0.1) is 0 Å². The van der Waals surface area contributed by atoms with E-state index in [0.29, 0.717) is 12.2 Å². The molecule has 0 N–H and O–H groups in total. The van der Waals surface area contributed by atoms with Gasteiger partial charge in [0.2, 0.25) is 5.12 Å². The average Bonchev–Trinajstić information content (AvgIpc) is 2.23. The number of rotatable bonds is 0. The van der Waals surface area contributed by atoms with E-state index in [4.69, 9.17) is 0 Å². The van der Waals surface area contributed by atoms with E-state index in [2.05, 4.69) is 0 Å². The predicted octanol–water partition coefficient (Wildman–Crippen LogP) is 2.01. The molecule has 0 aromatic heterocycles. The van der Waals surface area contributed by atoms with Crippen LogP contribution < -0.4 is 0 Å². The number of hydrogen-bond acceptors (Lipinski definition) is 2. The summed E-state index contributed by atoms with van der Waals surface area (Å²) in [5.41, 5.74) is 0. The smallest absolute Gasteiger partial charge is 0.223 e. The molecule has 0 radical (unpaired) electrons. The third-order valence-electron chi connectivity index (χ3n) is 0.871. The Hall–Kier alpha value is -0.0500. The number of alkyl halides is 1. The maximum atomic E-state index is 11.9. The molecule has 1 heterocycles. The van der Waals surface area contributed by atoms with Crippen molar-refractivity contribution in [1.29, 1.82) is 0 Å². The lowest BCUT2D eigenvalue weighted by Gasteiger charge is -1.85. The summed E-state index contributed by atoms with van der Waals surface area (Å²) in [5, 5.41) is -0.292. The summed E-state index contributed by atoms with van der Waals surface area (Å²) in [4.78, 5) is 10.2. The summed E-state index contributed by atoms with van der Waals surface area (Å²) in [6.45, 7) is 4.00. The summed E-state index contributed by atoms with van der Waals surface area (Å²) in [5.74, 6) is 0.667. The second kappa shape index (κ2) is 4.79. The van der Waals surface area contributed by atoms with Crippen LogP contribution in [0.25, 0.3) is 0 Å². The lowest BCUT2D eigenvalue weighted by Crippen LogP contribution is -2.01. The van der Waals surface area contributed by atoms with Crippen LogP contribution in [0.3, 0.4) is 0 Å². The van der Waals surface area contributed by atoms with Crippen LogP contribution in [0.1, 0.15) is 20.3 Å². The van der Waals surface area contributed by atoms with E-state index in [1.165, 1.54) is 0 Å². The van der Waals surface area contributed by atoms with Gasteiger partial charge in [-0.2, -0.15) is 0 Å². The number of halogens is 1. The van der Waals surface area contributed by atoms with E-state index in [1.54, 1.807) is 0 Å². The zero-order chi connectivity index (χ0) is 7.28. The van der Waals surface area contributed by atoms with Crippen LogP contribution in [0.5, 0.6) is 0 Å². The maximum absolute atomic E-state index is 11.9. The Labute approximate surface area is 59.0 Å². The van der Waals surface area contributed by atoms with Crippen molar-refractivity contribution in [3.8, 4) is 0 Å². The third kappa shape index (κ3) is 2.84. The average molecular weight is 150 g/mol. The molecule has 1 aliphatic heterocycles. The highest BCUT2D eigenvalue weighted by Gasteiger charge is 2.23. The third-order valence-corrected chi connectivity index (χ3v) is 1.85. The minimum absolute atomic E-state index is 0.292. The Morgan fingerprint density at radius 3 is 2.33 bits per heavy atom. The summed E-state index contributed by atoms with van der Waals surface area (Å²) in [7, 11) is 0. The Bertz CT molecular complexity index is 95.1. The van der Waals surface area contributed by atoms with Crippen molar-refractivity contribution < 1.29 is 9.18 Å². The molecule has 9 heavy (non-hydrogen) atoms. The Morgan fingerprint density at radius 1 is 1.67 bits per heavy atom. The first kappa shape index (κ1) is 8.95. The zero-order valence-corrected chi connectivity index (χ0v) is 6.50. The highest BCUT2D eigenvalue weighted by molar-refractivity contribution is 8.14. The molecular formula is C6H11FOS. The lowest BCUT2D eigenvalue weighted by molar-refractivity contribution is -0.114. The first-order chi connectivity index (χ1) is 4.30. The number of thioether (sulfide) groups is 1. The molecule has 1 fully saturated rings. The van der Waals surface area contributed by atoms with Crippen molar-refractivity contribution >= 4 is 16.9 Å². The molecule has 1 atom stereocenters. The normalized spacial score (nSPS) is 25.2. The van der Waals surface area contributed by atoms with Crippen LogP contribution in [0.2, 0.25) is 0 Å². The van der Waals surface area contributed by atoms with Crippen LogP contribution in [0.15, 0.2) is 0 Å². The molecule has 1 saturated heterocycles. The van der Waals surface area contributed by atoms with E-state index in [1.807, 2.05) is 13.8 Å². The highest BCUT2D eigenvalue weighted by Crippen LogP contribution is 2.21. The molecule has 1 nitrogen and oxygen atoms in total. The molecule has 0 spiro atoms. The lowest BCUT2D eigenvalue weighted by atomic mass is 10.3. The quantitative estimate of drug-likeness (QED) is 0.525. The topological polar surface area (TPSA) is 17.1 Å². The van der Waals surface area contributed by atoms with Crippen LogP contribution in [-0.4, -0.2) is 17.0 Å². The molecule has 0 aromatic rings. The minimum Gasteiger partial charge on any atom is -0.284 e. The molecule has 1 aliphatic rings. The van der Waals surface area contributed by atoms with Gasteiger partial charge >= 0.3 is 0 Å². The molecule has 1 unspecified atom stereocenters. The number of hydrogen-bond donors (Lipinski definition) is 0. The van der Waals surface area contributed by atoms with E-state index >= 15 is 0 Å². The van der Waals surface area contributed by atoms with Gasteiger partial charge in [-0.05, 0) is 6.42 Å². The fourth-order valence-corrected chi connectivity index (χ4v) is 1.30. The van der Waals surface area contributed by atoms with Gasteiger partial charge in [-0.1, -0.05) is 25.6 Å². The van der Waals surface area contributed by atoms with Gasteiger partial charge in [-0.3, -0.25) is 4.79 Å². The van der Waals surface area contributed by atoms with Gasteiger partial charge in [0.1, 0.15) is 0 Å². The molecule has 0 aromatic carbocycles. The maximum Gasteiger partial charge on any atom is 0.223 e.